The van der Waals surface area contributed by atoms with Gasteiger partial charge in [0.2, 0.25) is 0 Å². The number of hydrogen-bond acceptors (Lipinski definition) is 3. The first kappa shape index (κ1) is 16.3. The fourth-order valence-corrected chi connectivity index (χ4v) is 2.19. The minimum atomic E-state index is -0.469. The highest BCUT2D eigenvalue weighted by Crippen LogP contribution is 2.25. The minimum absolute atomic E-state index is 0.121. The van der Waals surface area contributed by atoms with E-state index in [0.29, 0.717) is 15.7 Å². The third-order valence-electron chi connectivity index (χ3n) is 2.76. The molecule has 22 heavy (non-hydrogen) atoms. The summed E-state index contributed by atoms with van der Waals surface area (Å²) in [5.74, 6) is -0.936. The predicted octanol–water partition coefficient (Wildman–Crippen LogP) is 3.72. The number of rotatable bonds is 5. The second kappa shape index (κ2) is 7.82. The monoisotopic (exact) mass is 337 g/mol. The molecule has 1 N–H and O–H groups in total. The first-order valence-corrected chi connectivity index (χ1v) is 7.24. The van der Waals surface area contributed by atoms with Crippen LogP contribution in [0.1, 0.15) is 5.56 Å². The van der Waals surface area contributed by atoms with Gasteiger partial charge >= 0.3 is 5.97 Å². The van der Waals surface area contributed by atoms with Crippen LogP contribution in [0, 0.1) is 0 Å². The van der Waals surface area contributed by atoms with Gasteiger partial charge in [-0.3, -0.25) is 9.59 Å². The van der Waals surface area contributed by atoms with E-state index in [1.165, 1.54) is 6.07 Å². The summed E-state index contributed by atoms with van der Waals surface area (Å²) < 4.78 is 4.92. The van der Waals surface area contributed by atoms with E-state index >= 15 is 0 Å². The van der Waals surface area contributed by atoms with E-state index in [1.54, 1.807) is 12.1 Å². The van der Waals surface area contributed by atoms with Crippen LogP contribution in [-0.4, -0.2) is 18.5 Å². The lowest BCUT2D eigenvalue weighted by molar-refractivity contribution is -0.146. The summed E-state index contributed by atoms with van der Waals surface area (Å²) in [7, 11) is 0. The topological polar surface area (TPSA) is 55.4 Å². The van der Waals surface area contributed by atoms with Crippen LogP contribution in [0.4, 0.5) is 5.69 Å². The maximum atomic E-state index is 11.7. The van der Waals surface area contributed by atoms with Crippen molar-refractivity contribution < 1.29 is 14.3 Å². The summed E-state index contributed by atoms with van der Waals surface area (Å²) in [6.07, 6.45) is 0.121. The Balaban J connectivity index is 1.81. The van der Waals surface area contributed by atoms with Gasteiger partial charge in [0.15, 0.2) is 6.61 Å². The molecule has 4 nitrogen and oxygen atoms in total. The number of carbonyl (C=O) groups excluding carboxylic acids is 2. The van der Waals surface area contributed by atoms with Gasteiger partial charge in [-0.1, -0.05) is 53.5 Å². The van der Waals surface area contributed by atoms with Crippen LogP contribution in [0.5, 0.6) is 0 Å². The van der Waals surface area contributed by atoms with Crippen LogP contribution in [0.2, 0.25) is 10.0 Å². The Morgan fingerprint density at radius 1 is 1.05 bits per heavy atom. The van der Waals surface area contributed by atoms with Crippen LogP contribution in [0.15, 0.2) is 48.5 Å². The molecule has 0 unspecified atom stereocenters. The van der Waals surface area contributed by atoms with Gasteiger partial charge in [-0.15, -0.1) is 0 Å². The van der Waals surface area contributed by atoms with Crippen molar-refractivity contribution in [3.63, 3.8) is 0 Å². The maximum absolute atomic E-state index is 11.7. The Labute approximate surface area is 138 Å². The van der Waals surface area contributed by atoms with E-state index in [-0.39, 0.29) is 13.0 Å². The highest BCUT2D eigenvalue weighted by atomic mass is 35.5. The van der Waals surface area contributed by atoms with Crippen molar-refractivity contribution in [2.24, 2.45) is 0 Å². The molecule has 0 saturated carbocycles. The summed E-state index contributed by atoms with van der Waals surface area (Å²) in [6, 6.07) is 13.8. The van der Waals surface area contributed by atoms with Gasteiger partial charge in [-0.05, 0) is 23.8 Å². The lowest BCUT2D eigenvalue weighted by Crippen LogP contribution is -2.21. The Hall–Kier alpha value is -2.04. The number of benzene rings is 2. The van der Waals surface area contributed by atoms with Crippen LogP contribution in [-0.2, 0) is 20.7 Å². The van der Waals surface area contributed by atoms with Crippen molar-refractivity contribution in [1.29, 1.82) is 0 Å². The molecule has 0 aromatic heterocycles. The first-order valence-electron chi connectivity index (χ1n) is 6.49. The van der Waals surface area contributed by atoms with Gasteiger partial charge in [0.25, 0.3) is 5.91 Å². The number of halogens is 2. The average Bonchev–Trinajstić information content (AvgIpc) is 2.49. The molecule has 2 aromatic carbocycles. The van der Waals surface area contributed by atoms with E-state index in [0.717, 1.165) is 5.56 Å². The minimum Gasteiger partial charge on any atom is -0.455 e. The molecule has 1 amide bonds. The molecule has 0 bridgehead atoms. The van der Waals surface area contributed by atoms with E-state index in [9.17, 15) is 9.59 Å². The van der Waals surface area contributed by atoms with Gasteiger partial charge in [-0.2, -0.15) is 0 Å². The third-order valence-corrected chi connectivity index (χ3v) is 3.31. The SMILES string of the molecule is O=C(COC(=O)Cc1ccccc1)Nc1ccc(Cl)cc1Cl. The van der Waals surface area contributed by atoms with Crippen LogP contribution < -0.4 is 5.32 Å². The summed E-state index contributed by atoms with van der Waals surface area (Å²) in [5, 5.41) is 3.34. The molecular weight excluding hydrogens is 325 g/mol. The second-order valence-corrected chi connectivity index (χ2v) is 5.34. The third kappa shape index (κ3) is 5.06. The highest BCUT2D eigenvalue weighted by molar-refractivity contribution is 6.36. The van der Waals surface area contributed by atoms with Gasteiger partial charge in [-0.25, -0.2) is 0 Å². The number of anilines is 1. The Morgan fingerprint density at radius 2 is 1.77 bits per heavy atom. The zero-order valence-corrected chi connectivity index (χ0v) is 13.0. The van der Waals surface area contributed by atoms with E-state index < -0.39 is 11.9 Å². The van der Waals surface area contributed by atoms with Crippen molar-refractivity contribution in [2.45, 2.75) is 6.42 Å². The van der Waals surface area contributed by atoms with Gasteiger partial charge in [0, 0.05) is 5.02 Å². The smallest absolute Gasteiger partial charge is 0.310 e. The number of ether oxygens (including phenoxy) is 1. The lowest BCUT2D eigenvalue weighted by Gasteiger charge is -2.08. The Bertz CT molecular complexity index is 674. The normalized spacial score (nSPS) is 10.1. The van der Waals surface area contributed by atoms with Gasteiger partial charge in [0.1, 0.15) is 0 Å². The lowest BCUT2D eigenvalue weighted by atomic mass is 10.2. The number of amides is 1. The number of hydrogen-bond donors (Lipinski definition) is 1. The van der Waals surface area contributed by atoms with Crippen LogP contribution >= 0.6 is 23.2 Å². The zero-order chi connectivity index (χ0) is 15.9. The number of nitrogens with one attached hydrogen (secondary N) is 1. The quantitative estimate of drug-likeness (QED) is 0.846. The summed E-state index contributed by atoms with van der Waals surface area (Å²) in [4.78, 5) is 23.4. The molecule has 0 saturated heterocycles. The summed E-state index contributed by atoms with van der Waals surface area (Å²) in [5.41, 5.74) is 1.24. The molecular formula is C16H13Cl2NO3. The van der Waals surface area contributed by atoms with Gasteiger partial charge < -0.3 is 10.1 Å². The molecule has 0 aliphatic carbocycles. The maximum Gasteiger partial charge on any atom is 0.310 e. The summed E-state index contributed by atoms with van der Waals surface area (Å²) in [6.45, 7) is -0.370. The molecule has 114 valence electrons. The van der Waals surface area contributed by atoms with E-state index in [4.69, 9.17) is 27.9 Å². The first-order chi connectivity index (χ1) is 10.5. The average molecular weight is 338 g/mol. The Kier molecular flexibility index (Phi) is 5.81. The molecule has 0 aliphatic heterocycles. The van der Waals surface area contributed by atoms with Crippen molar-refractivity contribution in [3.8, 4) is 0 Å². The molecule has 6 heteroatoms. The zero-order valence-electron chi connectivity index (χ0n) is 11.5. The number of carbonyl (C=O) groups is 2. The molecule has 2 aromatic rings. The molecule has 2 rings (SSSR count). The number of esters is 1. The molecule has 0 aliphatic rings. The van der Waals surface area contributed by atoms with Crippen LogP contribution in [0.3, 0.4) is 0 Å². The standard InChI is InChI=1S/C16H13Cl2NO3/c17-12-6-7-14(13(18)9-12)19-15(20)10-22-16(21)8-11-4-2-1-3-5-11/h1-7,9H,8,10H2,(H,19,20). The van der Waals surface area contributed by atoms with Gasteiger partial charge in [0.05, 0.1) is 17.1 Å². The fourth-order valence-electron chi connectivity index (χ4n) is 1.74. The molecule has 0 atom stereocenters. The molecule has 0 radical (unpaired) electrons. The molecule has 0 spiro atoms. The van der Waals surface area contributed by atoms with E-state index in [2.05, 4.69) is 5.32 Å². The van der Waals surface area contributed by atoms with Crippen LogP contribution in [0.25, 0.3) is 0 Å². The largest absolute Gasteiger partial charge is 0.455 e. The fraction of sp³-hybridized carbons (Fsp3) is 0.125. The predicted molar refractivity (Wildman–Crippen MR) is 86.2 cm³/mol. The summed E-state index contributed by atoms with van der Waals surface area (Å²) >= 11 is 11.7. The van der Waals surface area contributed by atoms with E-state index in [1.807, 2.05) is 30.3 Å². The van der Waals surface area contributed by atoms with Crippen molar-refractivity contribution >= 4 is 40.8 Å². The van der Waals surface area contributed by atoms with Crippen molar-refractivity contribution in [2.75, 3.05) is 11.9 Å². The molecule has 0 heterocycles. The Morgan fingerprint density at radius 3 is 2.45 bits per heavy atom. The van der Waals surface area contributed by atoms with Crippen molar-refractivity contribution in [3.05, 3.63) is 64.1 Å². The second-order valence-electron chi connectivity index (χ2n) is 4.50. The highest BCUT2D eigenvalue weighted by Gasteiger charge is 2.10. The van der Waals surface area contributed by atoms with Crippen molar-refractivity contribution in [1.82, 2.24) is 0 Å². The molecule has 0 fully saturated rings.